The Hall–Kier alpha value is -1.46. The summed E-state index contributed by atoms with van der Waals surface area (Å²) >= 11 is 0. The van der Waals surface area contributed by atoms with Gasteiger partial charge in [-0.05, 0) is 11.6 Å². The van der Waals surface area contributed by atoms with Crippen LogP contribution in [0.25, 0.3) is 0 Å². The molecule has 2 heterocycles. The van der Waals surface area contributed by atoms with Crippen molar-refractivity contribution in [1.82, 2.24) is 20.2 Å². The summed E-state index contributed by atoms with van der Waals surface area (Å²) < 4.78 is 0. The molecule has 0 saturated carbocycles. The molecular weight excluding hydrogens is 158 g/mol. The molecule has 1 aromatic rings. The number of nitrogens with zero attached hydrogens (tertiary/aromatic N) is 5. The van der Waals surface area contributed by atoms with E-state index in [0.717, 1.165) is 6.42 Å². The molecule has 2 rings (SSSR count). The highest BCUT2D eigenvalue weighted by atomic mass is 16.2. The van der Waals surface area contributed by atoms with E-state index < -0.39 is 0 Å². The zero-order valence-electron chi connectivity index (χ0n) is 6.77. The number of aryl methyl sites for hydroxylation is 1. The highest BCUT2D eigenvalue weighted by Gasteiger charge is 2.24. The van der Waals surface area contributed by atoms with Crippen LogP contribution < -0.4 is 4.90 Å². The van der Waals surface area contributed by atoms with Crippen molar-refractivity contribution in [3.8, 4) is 0 Å². The van der Waals surface area contributed by atoms with E-state index in [0.29, 0.717) is 18.9 Å². The molecule has 0 radical (unpaired) electrons. The lowest BCUT2D eigenvalue weighted by atomic mass is 10.4. The van der Waals surface area contributed by atoms with Crippen LogP contribution in [0.4, 0.5) is 5.95 Å². The number of rotatable bonds is 1. The number of carbonyl (C=O) groups excluding carboxylic acids is 1. The van der Waals surface area contributed by atoms with Gasteiger partial charge in [0.25, 0.3) is 5.95 Å². The number of amides is 1. The van der Waals surface area contributed by atoms with Gasteiger partial charge in [0.15, 0.2) is 0 Å². The molecule has 0 aromatic carbocycles. The van der Waals surface area contributed by atoms with Crippen LogP contribution in [-0.2, 0) is 11.8 Å². The molecule has 0 unspecified atom stereocenters. The lowest BCUT2D eigenvalue weighted by Crippen LogP contribution is -2.25. The summed E-state index contributed by atoms with van der Waals surface area (Å²) in [4.78, 5) is 14.1. The van der Waals surface area contributed by atoms with Crippen LogP contribution in [0.3, 0.4) is 0 Å². The van der Waals surface area contributed by atoms with E-state index in [-0.39, 0.29) is 5.91 Å². The van der Waals surface area contributed by atoms with Gasteiger partial charge in [-0.1, -0.05) is 5.10 Å². The van der Waals surface area contributed by atoms with Crippen molar-refractivity contribution < 1.29 is 4.79 Å². The maximum Gasteiger partial charge on any atom is 0.272 e. The maximum atomic E-state index is 11.2. The summed E-state index contributed by atoms with van der Waals surface area (Å²) in [5.74, 6) is 0.503. The molecule has 0 aliphatic carbocycles. The van der Waals surface area contributed by atoms with Crippen LogP contribution in [0, 0.1) is 0 Å². The van der Waals surface area contributed by atoms with Gasteiger partial charge in [0.1, 0.15) is 0 Å². The Morgan fingerprint density at radius 3 is 2.83 bits per heavy atom. The molecule has 1 saturated heterocycles. The first-order valence-corrected chi connectivity index (χ1v) is 3.82. The molecule has 0 spiro atoms. The summed E-state index contributed by atoms with van der Waals surface area (Å²) in [5, 5.41) is 11.4. The fraction of sp³-hybridized carbons (Fsp3) is 0.667. The smallest absolute Gasteiger partial charge is 0.272 e. The SMILES string of the molecule is Cn1nnc(N2CCCC2=O)n1. The Labute approximate surface area is 69.2 Å². The number of hydrogen-bond acceptors (Lipinski definition) is 4. The monoisotopic (exact) mass is 167 g/mol. The van der Waals surface area contributed by atoms with E-state index in [1.165, 1.54) is 4.80 Å². The first-order chi connectivity index (χ1) is 5.77. The summed E-state index contributed by atoms with van der Waals surface area (Å²) in [5.41, 5.74) is 0. The molecule has 1 aliphatic heterocycles. The van der Waals surface area contributed by atoms with Gasteiger partial charge in [-0.3, -0.25) is 9.69 Å². The second kappa shape index (κ2) is 2.54. The molecule has 12 heavy (non-hydrogen) atoms. The fourth-order valence-corrected chi connectivity index (χ4v) is 1.24. The van der Waals surface area contributed by atoms with Crippen molar-refractivity contribution in [3.05, 3.63) is 0 Å². The van der Waals surface area contributed by atoms with Crippen molar-refractivity contribution in [2.45, 2.75) is 12.8 Å². The van der Waals surface area contributed by atoms with E-state index in [1.54, 1.807) is 11.9 Å². The Balaban J connectivity index is 2.24. The third-order valence-electron chi connectivity index (χ3n) is 1.81. The molecule has 6 nitrogen and oxygen atoms in total. The standard InChI is InChI=1S/C6H9N5O/c1-10-8-6(7-9-10)11-4-2-3-5(11)12/h2-4H2,1H3. The Morgan fingerprint density at radius 2 is 2.33 bits per heavy atom. The van der Waals surface area contributed by atoms with Gasteiger partial charge in [-0.2, -0.15) is 4.80 Å². The predicted molar refractivity (Wildman–Crippen MR) is 40.4 cm³/mol. The van der Waals surface area contributed by atoms with Gasteiger partial charge < -0.3 is 0 Å². The maximum absolute atomic E-state index is 11.2. The van der Waals surface area contributed by atoms with Crippen LogP contribution >= 0.6 is 0 Å². The van der Waals surface area contributed by atoms with E-state index in [1.807, 2.05) is 0 Å². The Kier molecular flexibility index (Phi) is 1.53. The Morgan fingerprint density at radius 1 is 1.50 bits per heavy atom. The average molecular weight is 167 g/mol. The normalized spacial score (nSPS) is 17.4. The van der Waals surface area contributed by atoms with E-state index in [9.17, 15) is 4.79 Å². The highest BCUT2D eigenvalue weighted by molar-refractivity contribution is 5.93. The second-order valence-electron chi connectivity index (χ2n) is 2.73. The molecule has 1 aromatic heterocycles. The quantitative estimate of drug-likeness (QED) is 0.556. The lowest BCUT2D eigenvalue weighted by molar-refractivity contribution is -0.117. The third-order valence-corrected chi connectivity index (χ3v) is 1.81. The minimum absolute atomic E-state index is 0.0861. The zero-order valence-corrected chi connectivity index (χ0v) is 6.77. The van der Waals surface area contributed by atoms with Gasteiger partial charge in [0.05, 0.1) is 7.05 Å². The number of hydrogen-bond donors (Lipinski definition) is 0. The second-order valence-corrected chi connectivity index (χ2v) is 2.73. The van der Waals surface area contributed by atoms with Gasteiger partial charge in [0.2, 0.25) is 5.91 Å². The molecule has 64 valence electrons. The van der Waals surface area contributed by atoms with Crippen LogP contribution in [0.2, 0.25) is 0 Å². The van der Waals surface area contributed by atoms with E-state index in [2.05, 4.69) is 15.4 Å². The van der Waals surface area contributed by atoms with Crippen molar-refractivity contribution in [1.29, 1.82) is 0 Å². The minimum atomic E-state index is 0.0861. The van der Waals surface area contributed by atoms with Crippen LogP contribution in [0.1, 0.15) is 12.8 Å². The third kappa shape index (κ3) is 1.05. The van der Waals surface area contributed by atoms with Gasteiger partial charge in [-0.25, -0.2) is 0 Å². The molecule has 1 amide bonds. The van der Waals surface area contributed by atoms with Crippen molar-refractivity contribution in [2.24, 2.45) is 7.05 Å². The average Bonchev–Trinajstić information content (AvgIpc) is 2.58. The van der Waals surface area contributed by atoms with E-state index >= 15 is 0 Å². The molecule has 1 fully saturated rings. The van der Waals surface area contributed by atoms with Crippen LogP contribution in [-0.4, -0.2) is 32.7 Å². The van der Waals surface area contributed by atoms with Crippen molar-refractivity contribution in [2.75, 3.05) is 11.4 Å². The topological polar surface area (TPSA) is 63.9 Å². The van der Waals surface area contributed by atoms with Crippen LogP contribution in [0.15, 0.2) is 0 Å². The summed E-state index contributed by atoms with van der Waals surface area (Å²) in [7, 11) is 1.68. The molecule has 0 bridgehead atoms. The van der Waals surface area contributed by atoms with Gasteiger partial charge in [0, 0.05) is 13.0 Å². The molecule has 0 atom stereocenters. The number of tetrazole rings is 1. The van der Waals surface area contributed by atoms with Crippen molar-refractivity contribution >= 4 is 11.9 Å². The zero-order chi connectivity index (χ0) is 8.55. The first-order valence-electron chi connectivity index (χ1n) is 3.82. The minimum Gasteiger partial charge on any atom is -0.278 e. The summed E-state index contributed by atoms with van der Waals surface area (Å²) in [6, 6.07) is 0. The fourth-order valence-electron chi connectivity index (χ4n) is 1.24. The Bertz CT molecular complexity index is 307. The van der Waals surface area contributed by atoms with E-state index in [4.69, 9.17) is 0 Å². The molecule has 0 N–H and O–H groups in total. The highest BCUT2D eigenvalue weighted by Crippen LogP contribution is 2.14. The number of carbonyl (C=O) groups is 1. The predicted octanol–water partition coefficient (Wildman–Crippen LogP) is -0.663. The van der Waals surface area contributed by atoms with Gasteiger partial charge >= 0.3 is 0 Å². The number of aromatic nitrogens is 4. The lowest BCUT2D eigenvalue weighted by Gasteiger charge is -2.07. The van der Waals surface area contributed by atoms with Crippen molar-refractivity contribution in [3.63, 3.8) is 0 Å². The summed E-state index contributed by atoms with van der Waals surface area (Å²) in [6.45, 7) is 0.713. The molecular formula is C6H9N5O. The van der Waals surface area contributed by atoms with Crippen LogP contribution in [0.5, 0.6) is 0 Å². The number of anilines is 1. The largest absolute Gasteiger partial charge is 0.278 e. The molecule has 1 aliphatic rings. The summed E-state index contributed by atoms with van der Waals surface area (Å²) in [6.07, 6.45) is 1.48. The van der Waals surface area contributed by atoms with Gasteiger partial charge in [-0.15, -0.1) is 5.10 Å². The molecule has 6 heteroatoms. The first kappa shape index (κ1) is 7.20.